The lowest BCUT2D eigenvalue weighted by atomic mass is 9.99. The van der Waals surface area contributed by atoms with Crippen LogP contribution >= 0.6 is 0 Å². The van der Waals surface area contributed by atoms with Crippen molar-refractivity contribution in [1.82, 2.24) is 10.2 Å². The highest BCUT2D eigenvalue weighted by Crippen LogP contribution is 2.29. The number of aromatic nitrogens is 2. The summed E-state index contributed by atoms with van der Waals surface area (Å²) < 4.78 is 0. The minimum atomic E-state index is 0.631. The van der Waals surface area contributed by atoms with Crippen LogP contribution in [0.1, 0.15) is 0 Å². The smallest absolute Gasteiger partial charge is 0.0950 e. The summed E-state index contributed by atoms with van der Waals surface area (Å²) in [6.07, 6.45) is 1.84. The molecule has 4 heteroatoms. The molecule has 2 heterocycles. The molecule has 3 rings (SSSR count). The first-order valence-corrected chi connectivity index (χ1v) is 5.54. The lowest BCUT2D eigenvalue weighted by Crippen LogP contribution is -2.50. The van der Waals surface area contributed by atoms with Crippen molar-refractivity contribution in [2.45, 2.75) is 0 Å². The maximum atomic E-state index is 5.63. The summed E-state index contributed by atoms with van der Waals surface area (Å²) in [6, 6.07) is 8.11. The number of anilines is 1. The molecule has 0 amide bonds. The monoisotopic (exact) mass is 214 g/mol. The van der Waals surface area contributed by atoms with Crippen LogP contribution in [0.15, 0.2) is 30.5 Å². The molecule has 1 saturated heterocycles. The van der Waals surface area contributed by atoms with Gasteiger partial charge in [0, 0.05) is 24.4 Å². The van der Waals surface area contributed by atoms with Gasteiger partial charge in [-0.1, -0.05) is 18.2 Å². The molecule has 4 nitrogen and oxygen atoms in total. The van der Waals surface area contributed by atoms with Crippen molar-refractivity contribution in [2.75, 3.05) is 24.5 Å². The molecular formula is C12H14N4. The SMILES string of the molecule is NCC1CN(c2cnnc3ccccc23)C1. The van der Waals surface area contributed by atoms with Gasteiger partial charge in [0.2, 0.25) is 0 Å². The van der Waals surface area contributed by atoms with Gasteiger partial charge in [0.15, 0.2) is 0 Å². The molecule has 1 aliphatic rings. The van der Waals surface area contributed by atoms with E-state index in [0.29, 0.717) is 5.92 Å². The Kier molecular flexibility index (Phi) is 2.22. The number of hydrogen-bond acceptors (Lipinski definition) is 4. The van der Waals surface area contributed by atoms with Gasteiger partial charge in [-0.15, -0.1) is 0 Å². The number of rotatable bonds is 2. The van der Waals surface area contributed by atoms with Crippen LogP contribution < -0.4 is 10.6 Å². The summed E-state index contributed by atoms with van der Waals surface area (Å²) in [5.74, 6) is 0.631. The topological polar surface area (TPSA) is 55.0 Å². The van der Waals surface area contributed by atoms with Crippen molar-refractivity contribution in [3.8, 4) is 0 Å². The summed E-state index contributed by atoms with van der Waals surface area (Å²) in [6.45, 7) is 2.84. The molecule has 0 unspecified atom stereocenters. The highest BCUT2D eigenvalue weighted by Gasteiger charge is 2.26. The Hall–Kier alpha value is -1.68. The van der Waals surface area contributed by atoms with Gasteiger partial charge in [-0.05, 0) is 12.6 Å². The number of hydrogen-bond donors (Lipinski definition) is 1. The van der Waals surface area contributed by atoms with Gasteiger partial charge >= 0.3 is 0 Å². The molecule has 1 fully saturated rings. The molecule has 82 valence electrons. The van der Waals surface area contributed by atoms with Gasteiger partial charge in [0.05, 0.1) is 17.4 Å². The zero-order valence-corrected chi connectivity index (χ0v) is 9.00. The van der Waals surface area contributed by atoms with Crippen molar-refractivity contribution >= 4 is 16.6 Å². The van der Waals surface area contributed by atoms with Crippen molar-refractivity contribution in [2.24, 2.45) is 11.7 Å². The van der Waals surface area contributed by atoms with Crippen molar-refractivity contribution in [1.29, 1.82) is 0 Å². The third-order valence-electron chi connectivity index (χ3n) is 3.16. The largest absolute Gasteiger partial charge is 0.369 e. The Morgan fingerprint density at radius 2 is 2.12 bits per heavy atom. The van der Waals surface area contributed by atoms with E-state index in [-0.39, 0.29) is 0 Å². The van der Waals surface area contributed by atoms with E-state index in [1.807, 2.05) is 24.4 Å². The van der Waals surface area contributed by atoms with Gasteiger partial charge in [0.25, 0.3) is 0 Å². The fourth-order valence-electron chi connectivity index (χ4n) is 2.16. The van der Waals surface area contributed by atoms with E-state index in [4.69, 9.17) is 5.73 Å². The zero-order chi connectivity index (χ0) is 11.0. The molecular weight excluding hydrogens is 200 g/mol. The van der Waals surface area contributed by atoms with Crippen molar-refractivity contribution < 1.29 is 0 Å². The van der Waals surface area contributed by atoms with Crippen molar-refractivity contribution in [3.05, 3.63) is 30.5 Å². The summed E-state index contributed by atoms with van der Waals surface area (Å²) >= 11 is 0. The second-order valence-corrected chi connectivity index (χ2v) is 4.25. The van der Waals surface area contributed by atoms with Crippen molar-refractivity contribution in [3.63, 3.8) is 0 Å². The molecule has 0 spiro atoms. The second kappa shape index (κ2) is 3.72. The minimum Gasteiger partial charge on any atom is -0.369 e. The van der Waals surface area contributed by atoms with Gasteiger partial charge in [-0.2, -0.15) is 10.2 Å². The first-order valence-electron chi connectivity index (χ1n) is 5.54. The first-order chi connectivity index (χ1) is 7.88. The third-order valence-corrected chi connectivity index (χ3v) is 3.16. The van der Waals surface area contributed by atoms with E-state index in [1.165, 1.54) is 11.1 Å². The highest BCUT2D eigenvalue weighted by atomic mass is 15.2. The summed E-state index contributed by atoms with van der Waals surface area (Å²) in [7, 11) is 0. The molecule has 0 bridgehead atoms. The molecule has 0 atom stereocenters. The average Bonchev–Trinajstić information content (AvgIpc) is 2.28. The van der Waals surface area contributed by atoms with E-state index in [0.717, 1.165) is 25.2 Å². The second-order valence-electron chi connectivity index (χ2n) is 4.25. The van der Waals surface area contributed by atoms with E-state index >= 15 is 0 Å². The van der Waals surface area contributed by atoms with E-state index < -0.39 is 0 Å². The first kappa shape index (κ1) is 9.54. The Balaban J connectivity index is 1.98. The Bertz CT molecular complexity index is 500. The normalized spacial score (nSPS) is 16.4. The van der Waals surface area contributed by atoms with Crippen LogP contribution in [-0.4, -0.2) is 29.8 Å². The van der Waals surface area contributed by atoms with Crippen LogP contribution in [0.4, 0.5) is 5.69 Å². The molecule has 16 heavy (non-hydrogen) atoms. The number of nitrogens with zero attached hydrogens (tertiary/aromatic N) is 3. The lowest BCUT2D eigenvalue weighted by Gasteiger charge is -2.40. The Morgan fingerprint density at radius 1 is 1.31 bits per heavy atom. The van der Waals surface area contributed by atoms with Crippen LogP contribution in [0.25, 0.3) is 10.9 Å². The predicted octanol–water partition coefficient (Wildman–Crippen LogP) is 1.02. The van der Waals surface area contributed by atoms with Gasteiger partial charge in [0.1, 0.15) is 0 Å². The van der Waals surface area contributed by atoms with E-state index in [1.54, 1.807) is 0 Å². The molecule has 1 aromatic heterocycles. The summed E-state index contributed by atoms with van der Waals surface area (Å²) in [5, 5.41) is 9.34. The highest BCUT2D eigenvalue weighted by molar-refractivity contribution is 5.91. The van der Waals surface area contributed by atoms with Crippen LogP contribution in [0.3, 0.4) is 0 Å². The van der Waals surface area contributed by atoms with Gasteiger partial charge in [-0.25, -0.2) is 0 Å². The Morgan fingerprint density at radius 3 is 2.94 bits per heavy atom. The molecule has 2 aromatic rings. The molecule has 0 saturated carbocycles. The van der Waals surface area contributed by atoms with Gasteiger partial charge in [-0.3, -0.25) is 0 Å². The lowest BCUT2D eigenvalue weighted by molar-refractivity contribution is 0.421. The fourth-order valence-corrected chi connectivity index (χ4v) is 2.16. The summed E-state index contributed by atoms with van der Waals surface area (Å²) in [4.78, 5) is 2.31. The molecule has 0 aliphatic carbocycles. The third kappa shape index (κ3) is 1.42. The fraction of sp³-hybridized carbons (Fsp3) is 0.333. The van der Waals surface area contributed by atoms with Crippen LogP contribution in [0.2, 0.25) is 0 Å². The zero-order valence-electron chi connectivity index (χ0n) is 9.00. The number of benzene rings is 1. The van der Waals surface area contributed by atoms with Crippen LogP contribution in [-0.2, 0) is 0 Å². The number of nitrogens with two attached hydrogens (primary N) is 1. The van der Waals surface area contributed by atoms with Gasteiger partial charge < -0.3 is 10.6 Å². The predicted molar refractivity (Wildman–Crippen MR) is 64.3 cm³/mol. The van der Waals surface area contributed by atoms with Crippen LogP contribution in [0.5, 0.6) is 0 Å². The average molecular weight is 214 g/mol. The molecule has 2 N–H and O–H groups in total. The maximum Gasteiger partial charge on any atom is 0.0950 e. The summed E-state index contributed by atoms with van der Waals surface area (Å²) in [5.41, 5.74) is 7.76. The minimum absolute atomic E-state index is 0.631. The Labute approximate surface area is 94.1 Å². The van der Waals surface area contributed by atoms with E-state index in [2.05, 4.69) is 21.2 Å². The molecule has 1 aliphatic heterocycles. The standard InChI is InChI=1S/C12H14N4/c13-5-9-7-16(8-9)12-6-14-15-11-4-2-1-3-10(11)12/h1-4,6,9H,5,7-8,13H2. The quantitative estimate of drug-likeness (QED) is 0.811. The molecule has 0 radical (unpaired) electrons. The molecule has 1 aromatic carbocycles. The number of fused-ring (bicyclic) bond motifs is 1. The van der Waals surface area contributed by atoms with Crippen LogP contribution in [0, 0.1) is 5.92 Å². The maximum absolute atomic E-state index is 5.63. The van der Waals surface area contributed by atoms with E-state index in [9.17, 15) is 0 Å².